The van der Waals surface area contributed by atoms with Crippen molar-refractivity contribution < 1.29 is 14.3 Å². The van der Waals surface area contributed by atoms with E-state index >= 15 is 0 Å². The predicted molar refractivity (Wildman–Crippen MR) is 160 cm³/mol. The molecule has 1 atom stereocenters. The summed E-state index contributed by atoms with van der Waals surface area (Å²) in [4.78, 5) is 39.4. The number of aromatic nitrogens is 1. The van der Waals surface area contributed by atoms with Crippen LogP contribution in [-0.2, 0) is 23.2 Å². The summed E-state index contributed by atoms with van der Waals surface area (Å²) >= 11 is 0. The molecule has 0 bridgehead atoms. The lowest BCUT2D eigenvalue weighted by Gasteiger charge is -2.32. The molecular formula is C34H36N2O4. The third-order valence-corrected chi connectivity index (χ3v) is 8.28. The van der Waals surface area contributed by atoms with Crippen LogP contribution in [0, 0.1) is 17.3 Å². The number of hydrogen-bond acceptors (Lipinski definition) is 5. The minimum atomic E-state index is -0.527. The van der Waals surface area contributed by atoms with Crippen LogP contribution in [0.25, 0.3) is 22.0 Å². The minimum Gasteiger partial charge on any atom is -0.460 e. The molecule has 0 amide bonds. The second kappa shape index (κ2) is 10.4. The van der Waals surface area contributed by atoms with Gasteiger partial charge in [0.2, 0.25) is 0 Å². The number of benzene rings is 3. The second-order valence-electron chi connectivity index (χ2n) is 11.8. The van der Waals surface area contributed by atoms with E-state index in [4.69, 9.17) is 4.74 Å². The maximum atomic E-state index is 13.7. The molecule has 1 aliphatic rings. The molecule has 206 valence electrons. The van der Waals surface area contributed by atoms with Gasteiger partial charge in [-0.2, -0.15) is 0 Å². The van der Waals surface area contributed by atoms with Gasteiger partial charge in [0.1, 0.15) is 6.61 Å². The highest BCUT2D eigenvalue weighted by molar-refractivity contribution is 6.28. The van der Waals surface area contributed by atoms with Crippen LogP contribution >= 0.6 is 0 Å². The Bertz CT molecular complexity index is 1680. The molecule has 0 spiro atoms. The van der Waals surface area contributed by atoms with Gasteiger partial charge < -0.3 is 14.6 Å². The van der Waals surface area contributed by atoms with Crippen LogP contribution < -0.4 is 10.9 Å². The van der Waals surface area contributed by atoms with Crippen LogP contribution in [0.4, 0.5) is 11.4 Å². The van der Waals surface area contributed by atoms with E-state index in [1.165, 1.54) is 0 Å². The molecular weight excluding hydrogens is 500 g/mol. The summed E-state index contributed by atoms with van der Waals surface area (Å²) in [5, 5.41) is 4.18. The van der Waals surface area contributed by atoms with Crippen molar-refractivity contribution in [1.29, 1.82) is 0 Å². The highest BCUT2D eigenvalue weighted by atomic mass is 16.5. The van der Waals surface area contributed by atoms with Crippen molar-refractivity contribution in [2.24, 2.45) is 24.3 Å². The molecule has 40 heavy (non-hydrogen) atoms. The normalized spacial score (nSPS) is 13.8. The van der Waals surface area contributed by atoms with E-state index in [0.717, 1.165) is 34.2 Å². The Balaban J connectivity index is 1.42. The Morgan fingerprint density at radius 3 is 2.25 bits per heavy atom. The lowest BCUT2D eigenvalue weighted by molar-refractivity contribution is -0.160. The molecule has 5 rings (SSSR count). The van der Waals surface area contributed by atoms with Crippen LogP contribution in [0.5, 0.6) is 0 Å². The molecule has 0 saturated carbocycles. The van der Waals surface area contributed by atoms with Gasteiger partial charge in [-0.05, 0) is 66.1 Å². The number of nitrogens with one attached hydrogen (secondary N) is 1. The zero-order valence-corrected chi connectivity index (χ0v) is 24.0. The molecule has 1 unspecified atom stereocenters. The van der Waals surface area contributed by atoms with Crippen molar-refractivity contribution in [2.75, 3.05) is 5.32 Å². The first-order valence-corrected chi connectivity index (χ1v) is 13.8. The summed E-state index contributed by atoms with van der Waals surface area (Å²) in [6.07, 6.45) is 0.777. The highest BCUT2D eigenvalue weighted by Crippen LogP contribution is 2.42. The van der Waals surface area contributed by atoms with Crippen molar-refractivity contribution in [3.05, 3.63) is 93.8 Å². The number of hydrogen-bond donors (Lipinski definition) is 1. The van der Waals surface area contributed by atoms with Crippen molar-refractivity contribution >= 4 is 34.0 Å². The molecule has 1 aliphatic carbocycles. The second-order valence-corrected chi connectivity index (χ2v) is 11.8. The largest absolute Gasteiger partial charge is 0.460 e. The van der Waals surface area contributed by atoms with Crippen molar-refractivity contribution in [2.45, 2.75) is 47.6 Å². The molecule has 6 heteroatoms. The number of rotatable bonds is 8. The fourth-order valence-corrected chi connectivity index (χ4v) is 5.71. The lowest BCUT2D eigenvalue weighted by atomic mass is 9.73. The van der Waals surface area contributed by atoms with Crippen molar-refractivity contribution in [1.82, 2.24) is 4.57 Å². The number of nitrogens with zero attached hydrogens (tertiary/aromatic N) is 1. The Morgan fingerprint density at radius 1 is 0.925 bits per heavy atom. The van der Waals surface area contributed by atoms with Crippen molar-refractivity contribution in [3.8, 4) is 11.1 Å². The first-order valence-electron chi connectivity index (χ1n) is 13.8. The minimum absolute atomic E-state index is 0.0759. The number of fused-ring (bicyclic) bond motifs is 2. The zero-order chi connectivity index (χ0) is 28.8. The number of anilines is 2. The van der Waals surface area contributed by atoms with Gasteiger partial charge in [0, 0.05) is 29.8 Å². The Labute approximate surface area is 235 Å². The standard InChI is InChI=1S/C34H36N2O4/c1-20(2)18-34(5,21(3)4)33(39)40-19-22-11-13-23(14-12-22)35-27-15-16-28-30-26(17-29(37)36(28)6)24-9-7-8-10-25(24)32(38)31(27)30/h7-17,20-21,35H,18-19H2,1-6H3. The molecule has 0 aliphatic heterocycles. The zero-order valence-electron chi connectivity index (χ0n) is 24.0. The summed E-state index contributed by atoms with van der Waals surface area (Å²) in [6.45, 7) is 10.6. The van der Waals surface area contributed by atoms with Crippen LogP contribution in [0.1, 0.15) is 62.5 Å². The molecule has 1 aromatic heterocycles. The summed E-state index contributed by atoms with van der Waals surface area (Å²) in [6, 6.07) is 20.4. The SMILES string of the molecule is CC(C)CC(C)(C(=O)OCc1ccc(Nc2ccc3c4c(cc(=O)n3C)-c3ccccc3C(=O)c24)cc1)C(C)C. The number of ether oxygens (including phenoxy) is 1. The number of carbonyl (C=O) groups is 2. The number of ketones is 1. The number of pyridine rings is 1. The molecule has 3 aromatic carbocycles. The van der Waals surface area contributed by atoms with Gasteiger partial charge in [-0.15, -0.1) is 0 Å². The summed E-state index contributed by atoms with van der Waals surface area (Å²) in [5.41, 5.74) is 5.12. The summed E-state index contributed by atoms with van der Waals surface area (Å²) < 4.78 is 7.33. The van der Waals surface area contributed by atoms with Crippen molar-refractivity contribution in [3.63, 3.8) is 0 Å². The highest BCUT2D eigenvalue weighted by Gasteiger charge is 2.38. The molecule has 6 nitrogen and oxygen atoms in total. The molecule has 0 saturated heterocycles. The third-order valence-electron chi connectivity index (χ3n) is 8.28. The first kappa shape index (κ1) is 27.4. The topological polar surface area (TPSA) is 77.4 Å². The maximum absolute atomic E-state index is 13.7. The van der Waals surface area contributed by atoms with Gasteiger partial charge in [0.25, 0.3) is 5.56 Å². The van der Waals surface area contributed by atoms with E-state index in [2.05, 4.69) is 33.0 Å². The summed E-state index contributed by atoms with van der Waals surface area (Å²) in [7, 11) is 1.72. The fourth-order valence-electron chi connectivity index (χ4n) is 5.71. The van der Waals surface area contributed by atoms with E-state index in [9.17, 15) is 14.4 Å². The van der Waals surface area contributed by atoms with Gasteiger partial charge in [-0.25, -0.2) is 0 Å². The summed E-state index contributed by atoms with van der Waals surface area (Å²) in [5.74, 6) is 0.326. The van der Waals surface area contributed by atoms with E-state index in [-0.39, 0.29) is 29.8 Å². The average molecular weight is 537 g/mol. The van der Waals surface area contributed by atoms with E-state index in [0.29, 0.717) is 28.2 Å². The lowest BCUT2D eigenvalue weighted by Crippen LogP contribution is -2.36. The monoisotopic (exact) mass is 536 g/mol. The van der Waals surface area contributed by atoms with Gasteiger partial charge in [-0.3, -0.25) is 14.4 Å². The fraction of sp³-hybridized carbons (Fsp3) is 0.324. The van der Waals surface area contributed by atoms with Crippen LogP contribution in [0.2, 0.25) is 0 Å². The van der Waals surface area contributed by atoms with Gasteiger partial charge in [0.15, 0.2) is 5.78 Å². The van der Waals surface area contributed by atoms with Crippen LogP contribution in [0.3, 0.4) is 0 Å². The van der Waals surface area contributed by atoms with E-state index in [1.807, 2.05) is 67.6 Å². The molecule has 1 heterocycles. The maximum Gasteiger partial charge on any atom is 0.312 e. The Hall–Kier alpha value is -4.19. The number of esters is 1. The van der Waals surface area contributed by atoms with E-state index in [1.54, 1.807) is 17.7 Å². The van der Waals surface area contributed by atoms with Gasteiger partial charge in [0.05, 0.1) is 22.2 Å². The van der Waals surface area contributed by atoms with Gasteiger partial charge >= 0.3 is 5.97 Å². The predicted octanol–water partition coefficient (Wildman–Crippen LogP) is 7.25. The molecule has 0 fully saturated rings. The quantitative estimate of drug-likeness (QED) is 0.211. The van der Waals surface area contributed by atoms with Crippen LogP contribution in [0.15, 0.2) is 71.5 Å². The Kier molecular flexibility index (Phi) is 7.13. The van der Waals surface area contributed by atoms with Crippen LogP contribution in [-0.4, -0.2) is 16.3 Å². The third kappa shape index (κ3) is 4.72. The smallest absolute Gasteiger partial charge is 0.312 e. The Morgan fingerprint density at radius 2 is 1.60 bits per heavy atom. The first-order chi connectivity index (χ1) is 19.0. The average Bonchev–Trinajstić information content (AvgIpc) is 2.93. The number of carbonyl (C=O) groups excluding carboxylic acids is 2. The molecule has 0 radical (unpaired) electrons. The number of aryl methyl sites for hydroxylation is 1. The van der Waals surface area contributed by atoms with E-state index < -0.39 is 5.41 Å². The molecule has 4 aromatic rings. The molecule has 1 N–H and O–H groups in total. The van der Waals surface area contributed by atoms with Gasteiger partial charge in [-0.1, -0.05) is 64.1 Å².